The number of benzene rings is 2. The van der Waals surface area contributed by atoms with Crippen LogP contribution >= 0.6 is 24.0 Å². The van der Waals surface area contributed by atoms with Crippen molar-refractivity contribution in [1.82, 2.24) is 4.90 Å². The number of carbonyl (C=O) groups excluding carboxylic acids is 2. The molecule has 28 heavy (non-hydrogen) atoms. The number of hydrogen-bond acceptors (Lipinski definition) is 3. The molecule has 0 radical (unpaired) electrons. The van der Waals surface area contributed by atoms with E-state index in [1.807, 2.05) is 44.2 Å². The third-order valence-electron chi connectivity index (χ3n) is 4.19. The molecular formula is C21H27Cl2N3O2. The van der Waals surface area contributed by atoms with Crippen molar-refractivity contribution < 1.29 is 9.59 Å². The maximum absolute atomic E-state index is 13.0. The lowest BCUT2D eigenvalue weighted by atomic mass is 10.1. The molecule has 3 N–H and O–H groups in total. The molecule has 0 saturated heterocycles. The summed E-state index contributed by atoms with van der Waals surface area (Å²) in [6.07, 6.45) is 0.935. The zero-order valence-corrected chi connectivity index (χ0v) is 17.7. The minimum absolute atomic E-state index is 0. The van der Waals surface area contributed by atoms with E-state index in [0.717, 1.165) is 5.56 Å². The summed E-state index contributed by atoms with van der Waals surface area (Å²) in [4.78, 5) is 26.7. The van der Waals surface area contributed by atoms with E-state index in [2.05, 4.69) is 5.32 Å². The molecule has 0 heterocycles. The number of carbonyl (C=O) groups is 2. The normalized spacial score (nSPS) is 11.3. The van der Waals surface area contributed by atoms with Crippen LogP contribution in [0.3, 0.4) is 0 Å². The van der Waals surface area contributed by atoms with Crippen LogP contribution in [0.15, 0.2) is 48.5 Å². The molecular weight excluding hydrogens is 397 g/mol. The number of amides is 2. The average Bonchev–Trinajstić information content (AvgIpc) is 2.66. The molecule has 2 aromatic rings. The molecule has 0 aliphatic rings. The van der Waals surface area contributed by atoms with Crippen molar-refractivity contribution in [3.05, 3.63) is 64.7 Å². The Balaban J connectivity index is 0.00000392. The first-order valence-corrected chi connectivity index (χ1v) is 9.46. The molecule has 2 amide bonds. The Labute approximate surface area is 177 Å². The molecule has 0 aromatic heterocycles. The van der Waals surface area contributed by atoms with Crippen molar-refractivity contribution in [1.29, 1.82) is 0 Å². The number of anilines is 1. The SMILES string of the molecule is CCN(Cc1ccccc1)C(=O)c1cc(NC(=O)CCC(C)N)ccc1Cl.Cl. The molecule has 152 valence electrons. The van der Waals surface area contributed by atoms with E-state index in [1.54, 1.807) is 23.1 Å². The highest BCUT2D eigenvalue weighted by atomic mass is 35.5. The van der Waals surface area contributed by atoms with Gasteiger partial charge in [-0.3, -0.25) is 9.59 Å². The quantitative estimate of drug-likeness (QED) is 0.656. The summed E-state index contributed by atoms with van der Waals surface area (Å²) >= 11 is 6.26. The summed E-state index contributed by atoms with van der Waals surface area (Å²) in [7, 11) is 0. The highest BCUT2D eigenvalue weighted by Gasteiger charge is 2.18. The molecule has 7 heteroatoms. The van der Waals surface area contributed by atoms with Crippen molar-refractivity contribution in [3.8, 4) is 0 Å². The predicted molar refractivity (Wildman–Crippen MR) is 117 cm³/mol. The Hall–Kier alpha value is -2.08. The van der Waals surface area contributed by atoms with Crippen LogP contribution in [0.4, 0.5) is 5.69 Å². The summed E-state index contributed by atoms with van der Waals surface area (Å²) in [6, 6.07) is 14.7. The smallest absolute Gasteiger partial charge is 0.255 e. The number of hydrogen-bond donors (Lipinski definition) is 2. The maximum atomic E-state index is 13.0. The zero-order valence-electron chi connectivity index (χ0n) is 16.2. The Kier molecular flexibility index (Phi) is 10.0. The first-order chi connectivity index (χ1) is 12.9. The van der Waals surface area contributed by atoms with Crippen LogP contribution in [0, 0.1) is 0 Å². The lowest BCUT2D eigenvalue weighted by molar-refractivity contribution is -0.116. The van der Waals surface area contributed by atoms with Gasteiger partial charge in [-0.1, -0.05) is 41.9 Å². The largest absolute Gasteiger partial charge is 0.335 e. The van der Waals surface area contributed by atoms with Gasteiger partial charge in [0.25, 0.3) is 5.91 Å². The second-order valence-corrected chi connectivity index (χ2v) is 6.97. The lowest BCUT2D eigenvalue weighted by Crippen LogP contribution is -2.30. The molecule has 0 aliphatic carbocycles. The monoisotopic (exact) mass is 423 g/mol. The van der Waals surface area contributed by atoms with Crippen LogP contribution < -0.4 is 11.1 Å². The third kappa shape index (κ3) is 7.15. The van der Waals surface area contributed by atoms with Crippen LogP contribution in [0.1, 0.15) is 42.6 Å². The molecule has 0 spiro atoms. The van der Waals surface area contributed by atoms with E-state index in [-0.39, 0.29) is 30.3 Å². The van der Waals surface area contributed by atoms with Gasteiger partial charge in [-0.05, 0) is 44.0 Å². The lowest BCUT2D eigenvalue weighted by Gasteiger charge is -2.22. The van der Waals surface area contributed by atoms with Gasteiger partial charge in [0.2, 0.25) is 5.91 Å². The Morgan fingerprint density at radius 1 is 1.18 bits per heavy atom. The van der Waals surface area contributed by atoms with Gasteiger partial charge < -0.3 is 16.0 Å². The van der Waals surface area contributed by atoms with Crippen molar-refractivity contribution in [2.45, 2.75) is 39.3 Å². The summed E-state index contributed by atoms with van der Waals surface area (Å²) < 4.78 is 0. The maximum Gasteiger partial charge on any atom is 0.255 e. The standard InChI is InChI=1S/C21H26ClN3O2.ClH/c1-3-25(14-16-7-5-4-6-8-16)21(27)18-13-17(10-11-19(18)22)24-20(26)12-9-15(2)23;/h4-8,10-11,13,15H,3,9,12,14,23H2,1-2H3,(H,24,26);1H. The van der Waals surface area contributed by atoms with Crippen molar-refractivity contribution in [2.75, 3.05) is 11.9 Å². The molecule has 0 fully saturated rings. The predicted octanol–water partition coefficient (Wildman–Crippen LogP) is 4.49. The second-order valence-electron chi connectivity index (χ2n) is 6.56. The molecule has 1 atom stereocenters. The highest BCUT2D eigenvalue weighted by molar-refractivity contribution is 6.34. The third-order valence-corrected chi connectivity index (χ3v) is 4.52. The van der Waals surface area contributed by atoms with Gasteiger partial charge in [-0.15, -0.1) is 12.4 Å². The van der Waals surface area contributed by atoms with Crippen molar-refractivity contribution >= 4 is 41.5 Å². The molecule has 1 unspecified atom stereocenters. The Bertz CT molecular complexity index is 782. The highest BCUT2D eigenvalue weighted by Crippen LogP contribution is 2.23. The first-order valence-electron chi connectivity index (χ1n) is 9.09. The fourth-order valence-electron chi connectivity index (χ4n) is 2.65. The van der Waals surface area contributed by atoms with E-state index >= 15 is 0 Å². The first kappa shape index (κ1) is 24.0. The number of halogens is 2. The topological polar surface area (TPSA) is 75.4 Å². The van der Waals surface area contributed by atoms with Crippen LogP contribution in [0.25, 0.3) is 0 Å². The number of nitrogens with one attached hydrogen (secondary N) is 1. The summed E-state index contributed by atoms with van der Waals surface area (Å²) in [5.74, 6) is -0.303. The van der Waals surface area contributed by atoms with Gasteiger partial charge in [-0.25, -0.2) is 0 Å². The van der Waals surface area contributed by atoms with Gasteiger partial charge in [0.1, 0.15) is 0 Å². The Morgan fingerprint density at radius 2 is 1.86 bits per heavy atom. The van der Waals surface area contributed by atoms with Crippen LogP contribution in [-0.4, -0.2) is 29.3 Å². The molecule has 0 saturated carbocycles. The van der Waals surface area contributed by atoms with Crippen molar-refractivity contribution in [3.63, 3.8) is 0 Å². The van der Waals surface area contributed by atoms with Crippen LogP contribution in [0.2, 0.25) is 5.02 Å². The van der Waals surface area contributed by atoms with E-state index in [0.29, 0.717) is 42.2 Å². The molecule has 2 rings (SSSR count). The molecule has 2 aromatic carbocycles. The minimum atomic E-state index is -0.168. The van der Waals surface area contributed by atoms with Crippen LogP contribution in [-0.2, 0) is 11.3 Å². The minimum Gasteiger partial charge on any atom is -0.335 e. The molecule has 0 aliphatic heterocycles. The zero-order chi connectivity index (χ0) is 19.8. The van der Waals surface area contributed by atoms with Gasteiger partial charge in [0.05, 0.1) is 10.6 Å². The number of rotatable bonds is 8. The fourth-order valence-corrected chi connectivity index (χ4v) is 2.85. The van der Waals surface area contributed by atoms with Crippen molar-refractivity contribution in [2.24, 2.45) is 5.73 Å². The van der Waals surface area contributed by atoms with Crippen LogP contribution in [0.5, 0.6) is 0 Å². The summed E-state index contributed by atoms with van der Waals surface area (Å²) in [5.41, 5.74) is 7.65. The van der Waals surface area contributed by atoms with Gasteiger partial charge in [0, 0.05) is 31.2 Å². The summed E-state index contributed by atoms with van der Waals surface area (Å²) in [6.45, 7) is 4.83. The molecule has 0 bridgehead atoms. The van der Waals surface area contributed by atoms with Gasteiger partial charge in [-0.2, -0.15) is 0 Å². The average molecular weight is 424 g/mol. The van der Waals surface area contributed by atoms with E-state index < -0.39 is 0 Å². The second kappa shape index (κ2) is 11.7. The van der Waals surface area contributed by atoms with Gasteiger partial charge in [0.15, 0.2) is 0 Å². The number of nitrogens with zero attached hydrogens (tertiary/aromatic N) is 1. The fraction of sp³-hybridized carbons (Fsp3) is 0.333. The number of nitrogens with two attached hydrogens (primary N) is 1. The summed E-state index contributed by atoms with van der Waals surface area (Å²) in [5, 5.41) is 3.16. The van der Waals surface area contributed by atoms with Gasteiger partial charge >= 0.3 is 0 Å². The molecule has 5 nitrogen and oxygen atoms in total. The van der Waals surface area contributed by atoms with E-state index in [1.165, 1.54) is 0 Å². The van der Waals surface area contributed by atoms with E-state index in [4.69, 9.17) is 17.3 Å². The Morgan fingerprint density at radius 3 is 2.46 bits per heavy atom. The van der Waals surface area contributed by atoms with E-state index in [9.17, 15) is 9.59 Å².